The number of para-hydroxylation sites is 1. The third-order valence-electron chi connectivity index (χ3n) is 6.13. The molecule has 0 aliphatic heterocycles. The third kappa shape index (κ3) is 4.19. The van der Waals surface area contributed by atoms with Gasteiger partial charge in [0, 0.05) is 34.8 Å². The number of hydrogen-bond donors (Lipinski definition) is 1. The van der Waals surface area contributed by atoms with E-state index in [-0.39, 0.29) is 11.9 Å². The molecule has 1 unspecified atom stereocenters. The van der Waals surface area contributed by atoms with Gasteiger partial charge in [0.15, 0.2) is 11.5 Å². The molecule has 0 saturated heterocycles. The molecule has 6 nitrogen and oxygen atoms in total. The van der Waals surface area contributed by atoms with E-state index in [9.17, 15) is 4.79 Å². The SMILES string of the molecule is CCN(C(=O)c1cc(OC)c(OC)c(OC)c1)C(c1ccc(C)cc1)c1c[nH]c2ccccc12. The molecule has 0 fully saturated rings. The van der Waals surface area contributed by atoms with Crippen LogP contribution in [0.5, 0.6) is 17.2 Å². The quantitative estimate of drug-likeness (QED) is 0.365. The van der Waals surface area contributed by atoms with E-state index in [0.717, 1.165) is 22.0 Å². The number of fused-ring (bicyclic) bond motifs is 1. The number of aryl methyl sites for hydroxylation is 1. The molecule has 4 aromatic rings. The Morgan fingerprint density at radius 2 is 1.59 bits per heavy atom. The van der Waals surface area contributed by atoms with Gasteiger partial charge in [0.05, 0.1) is 27.4 Å². The predicted molar refractivity (Wildman–Crippen MR) is 134 cm³/mol. The number of amides is 1. The van der Waals surface area contributed by atoms with Gasteiger partial charge in [-0.3, -0.25) is 4.79 Å². The molecule has 176 valence electrons. The van der Waals surface area contributed by atoms with Gasteiger partial charge in [-0.05, 0) is 37.6 Å². The number of aromatic amines is 1. The Labute approximate surface area is 200 Å². The molecule has 0 spiro atoms. The van der Waals surface area contributed by atoms with Crippen LogP contribution in [0.2, 0.25) is 0 Å². The van der Waals surface area contributed by atoms with E-state index in [0.29, 0.717) is 29.4 Å². The van der Waals surface area contributed by atoms with Crippen molar-refractivity contribution in [3.8, 4) is 17.2 Å². The number of carbonyl (C=O) groups excluding carboxylic acids is 1. The largest absolute Gasteiger partial charge is 0.493 e. The Kier molecular flexibility index (Phi) is 6.77. The number of hydrogen-bond acceptors (Lipinski definition) is 4. The maximum Gasteiger partial charge on any atom is 0.254 e. The van der Waals surface area contributed by atoms with Crippen LogP contribution in [0.1, 0.15) is 40.0 Å². The molecule has 4 rings (SSSR count). The number of aromatic nitrogens is 1. The van der Waals surface area contributed by atoms with Crippen LogP contribution in [0.15, 0.2) is 66.9 Å². The van der Waals surface area contributed by atoms with Gasteiger partial charge in [0.25, 0.3) is 5.91 Å². The number of ether oxygens (including phenoxy) is 3. The summed E-state index contributed by atoms with van der Waals surface area (Å²) in [6.07, 6.45) is 2.00. The lowest BCUT2D eigenvalue weighted by Crippen LogP contribution is -2.35. The van der Waals surface area contributed by atoms with Crippen molar-refractivity contribution in [2.24, 2.45) is 0 Å². The summed E-state index contributed by atoms with van der Waals surface area (Å²) in [5, 5.41) is 1.09. The van der Waals surface area contributed by atoms with Crippen LogP contribution in [0.3, 0.4) is 0 Å². The monoisotopic (exact) mass is 458 g/mol. The Morgan fingerprint density at radius 1 is 0.941 bits per heavy atom. The lowest BCUT2D eigenvalue weighted by atomic mass is 9.95. The Hall–Kier alpha value is -3.93. The molecule has 0 saturated carbocycles. The minimum Gasteiger partial charge on any atom is -0.493 e. The zero-order chi connectivity index (χ0) is 24.2. The van der Waals surface area contributed by atoms with Gasteiger partial charge in [0.2, 0.25) is 5.75 Å². The number of benzene rings is 3. The standard InChI is InChI=1S/C28H30N2O4/c1-6-30(28(31)20-15-24(32-3)27(34-5)25(16-20)33-4)26(19-13-11-18(2)12-14-19)22-17-29-23-10-8-7-9-21(22)23/h7-17,26,29H,6H2,1-5H3. The van der Waals surface area contributed by atoms with E-state index in [1.807, 2.05) is 36.2 Å². The van der Waals surface area contributed by atoms with E-state index in [4.69, 9.17) is 14.2 Å². The van der Waals surface area contributed by atoms with Gasteiger partial charge in [-0.2, -0.15) is 0 Å². The van der Waals surface area contributed by atoms with E-state index in [1.54, 1.807) is 33.5 Å². The van der Waals surface area contributed by atoms with Crippen molar-refractivity contribution in [1.82, 2.24) is 9.88 Å². The first kappa shape index (κ1) is 23.2. The summed E-state index contributed by atoms with van der Waals surface area (Å²) in [5.41, 5.74) is 4.75. The van der Waals surface area contributed by atoms with Gasteiger partial charge in [-0.25, -0.2) is 0 Å². The topological polar surface area (TPSA) is 63.8 Å². The summed E-state index contributed by atoms with van der Waals surface area (Å²) >= 11 is 0. The van der Waals surface area contributed by atoms with Crippen LogP contribution >= 0.6 is 0 Å². The lowest BCUT2D eigenvalue weighted by Gasteiger charge is -2.32. The summed E-state index contributed by atoms with van der Waals surface area (Å²) in [7, 11) is 4.64. The summed E-state index contributed by atoms with van der Waals surface area (Å²) in [6, 6.07) is 19.6. The fraction of sp³-hybridized carbons (Fsp3) is 0.250. The van der Waals surface area contributed by atoms with Crippen molar-refractivity contribution >= 4 is 16.8 Å². The van der Waals surface area contributed by atoms with Crippen LogP contribution in [0.25, 0.3) is 10.9 Å². The molecule has 0 aliphatic carbocycles. The molecule has 1 atom stereocenters. The third-order valence-corrected chi connectivity index (χ3v) is 6.13. The maximum absolute atomic E-state index is 14.0. The first-order valence-electron chi connectivity index (χ1n) is 11.3. The number of methoxy groups -OCH3 is 3. The van der Waals surface area contributed by atoms with E-state index < -0.39 is 0 Å². The second kappa shape index (κ2) is 9.91. The molecule has 1 heterocycles. The zero-order valence-corrected chi connectivity index (χ0v) is 20.2. The molecule has 6 heteroatoms. The summed E-state index contributed by atoms with van der Waals surface area (Å²) in [5.74, 6) is 1.22. The number of nitrogens with zero attached hydrogens (tertiary/aromatic N) is 1. The Balaban J connectivity index is 1.87. The highest BCUT2D eigenvalue weighted by Crippen LogP contribution is 2.40. The van der Waals surface area contributed by atoms with Gasteiger partial charge in [-0.1, -0.05) is 48.0 Å². The van der Waals surface area contributed by atoms with Crippen molar-refractivity contribution in [1.29, 1.82) is 0 Å². The summed E-state index contributed by atoms with van der Waals surface area (Å²) < 4.78 is 16.4. The normalized spacial score (nSPS) is 11.8. The van der Waals surface area contributed by atoms with Crippen molar-refractivity contribution in [2.75, 3.05) is 27.9 Å². The molecule has 0 radical (unpaired) electrons. The van der Waals surface area contributed by atoms with Crippen LogP contribution in [-0.4, -0.2) is 43.7 Å². The highest BCUT2D eigenvalue weighted by Gasteiger charge is 2.30. The molecular formula is C28H30N2O4. The van der Waals surface area contributed by atoms with E-state index >= 15 is 0 Å². The van der Waals surface area contributed by atoms with Crippen molar-refractivity contribution in [3.05, 3.63) is 89.1 Å². The second-order valence-electron chi connectivity index (χ2n) is 8.11. The first-order chi connectivity index (χ1) is 16.5. The Morgan fingerprint density at radius 3 is 2.18 bits per heavy atom. The molecule has 1 amide bonds. The van der Waals surface area contributed by atoms with Crippen molar-refractivity contribution in [2.45, 2.75) is 19.9 Å². The molecule has 0 bridgehead atoms. The van der Waals surface area contributed by atoms with E-state index in [2.05, 4.69) is 42.2 Å². The van der Waals surface area contributed by atoms with Crippen molar-refractivity contribution < 1.29 is 19.0 Å². The average Bonchev–Trinajstić information content (AvgIpc) is 3.30. The average molecular weight is 459 g/mol. The number of rotatable bonds is 8. The highest BCUT2D eigenvalue weighted by atomic mass is 16.5. The fourth-order valence-corrected chi connectivity index (χ4v) is 4.41. The minimum absolute atomic E-state index is 0.127. The second-order valence-corrected chi connectivity index (χ2v) is 8.11. The molecular weight excluding hydrogens is 428 g/mol. The zero-order valence-electron chi connectivity index (χ0n) is 20.2. The predicted octanol–water partition coefficient (Wildman–Crippen LogP) is 5.75. The minimum atomic E-state index is -0.284. The molecule has 3 aromatic carbocycles. The van der Waals surface area contributed by atoms with Crippen LogP contribution < -0.4 is 14.2 Å². The summed E-state index contributed by atoms with van der Waals surface area (Å²) in [4.78, 5) is 19.2. The van der Waals surface area contributed by atoms with Gasteiger partial charge in [0.1, 0.15) is 0 Å². The molecule has 1 N–H and O–H groups in total. The van der Waals surface area contributed by atoms with E-state index in [1.165, 1.54) is 5.56 Å². The number of carbonyl (C=O) groups is 1. The van der Waals surface area contributed by atoms with Gasteiger partial charge in [-0.15, -0.1) is 0 Å². The first-order valence-corrected chi connectivity index (χ1v) is 11.3. The highest BCUT2D eigenvalue weighted by molar-refractivity contribution is 5.97. The molecule has 34 heavy (non-hydrogen) atoms. The fourth-order valence-electron chi connectivity index (χ4n) is 4.41. The number of H-pyrrole nitrogens is 1. The molecule has 1 aromatic heterocycles. The summed E-state index contributed by atoms with van der Waals surface area (Å²) in [6.45, 7) is 4.56. The maximum atomic E-state index is 14.0. The molecule has 0 aliphatic rings. The Bertz CT molecular complexity index is 1270. The number of nitrogens with one attached hydrogen (secondary N) is 1. The smallest absolute Gasteiger partial charge is 0.254 e. The van der Waals surface area contributed by atoms with Gasteiger partial charge >= 0.3 is 0 Å². The van der Waals surface area contributed by atoms with Crippen molar-refractivity contribution in [3.63, 3.8) is 0 Å². The van der Waals surface area contributed by atoms with Crippen LogP contribution in [-0.2, 0) is 0 Å². The van der Waals surface area contributed by atoms with Crippen LogP contribution in [0.4, 0.5) is 0 Å². The van der Waals surface area contributed by atoms with Gasteiger partial charge < -0.3 is 24.1 Å². The van der Waals surface area contributed by atoms with Crippen LogP contribution in [0, 0.1) is 6.92 Å². The lowest BCUT2D eigenvalue weighted by molar-refractivity contribution is 0.0717.